The summed E-state index contributed by atoms with van der Waals surface area (Å²) in [6.45, 7) is 0. The fourth-order valence-corrected chi connectivity index (χ4v) is 2.33. The molecule has 0 heterocycles. The lowest BCUT2D eigenvalue weighted by Gasteiger charge is -2.17. The molecule has 2 aromatic rings. The molecule has 0 saturated heterocycles. The topological polar surface area (TPSA) is 38.0 Å². The van der Waals surface area contributed by atoms with Crippen molar-refractivity contribution in [3.63, 3.8) is 0 Å². The minimum atomic E-state index is -0.651. The SMILES string of the molecule is NNC(Cc1cccc(Cl)c1F)Cc1c(F)cccc1F. The maximum absolute atomic E-state index is 13.8. The van der Waals surface area contributed by atoms with Crippen molar-refractivity contribution in [2.75, 3.05) is 0 Å². The van der Waals surface area contributed by atoms with Crippen LogP contribution in [0.5, 0.6) is 0 Å². The van der Waals surface area contributed by atoms with E-state index in [1.165, 1.54) is 24.3 Å². The maximum Gasteiger partial charge on any atom is 0.145 e. The van der Waals surface area contributed by atoms with Gasteiger partial charge in [-0.1, -0.05) is 29.8 Å². The van der Waals surface area contributed by atoms with Crippen molar-refractivity contribution in [3.8, 4) is 0 Å². The van der Waals surface area contributed by atoms with Crippen LogP contribution in [0.15, 0.2) is 36.4 Å². The molecule has 2 rings (SSSR count). The Balaban J connectivity index is 2.19. The van der Waals surface area contributed by atoms with E-state index in [0.717, 1.165) is 0 Å². The van der Waals surface area contributed by atoms with Crippen LogP contribution in [0.25, 0.3) is 0 Å². The number of rotatable bonds is 5. The molecular formula is C15H14ClF3N2. The molecule has 0 radical (unpaired) electrons. The summed E-state index contributed by atoms with van der Waals surface area (Å²) in [5.74, 6) is 3.56. The molecular weight excluding hydrogens is 301 g/mol. The summed E-state index contributed by atoms with van der Waals surface area (Å²) < 4.78 is 41.1. The molecule has 0 aliphatic rings. The first-order valence-corrected chi connectivity index (χ1v) is 6.72. The summed E-state index contributed by atoms with van der Waals surface area (Å²) >= 11 is 5.70. The Kier molecular flexibility index (Phi) is 5.22. The van der Waals surface area contributed by atoms with E-state index in [-0.39, 0.29) is 23.4 Å². The third-order valence-electron chi connectivity index (χ3n) is 3.25. The van der Waals surface area contributed by atoms with Gasteiger partial charge in [0.2, 0.25) is 0 Å². The van der Waals surface area contributed by atoms with E-state index in [9.17, 15) is 13.2 Å². The Hall–Kier alpha value is -1.56. The molecule has 2 aromatic carbocycles. The van der Waals surface area contributed by atoms with Crippen molar-refractivity contribution >= 4 is 11.6 Å². The van der Waals surface area contributed by atoms with E-state index in [1.54, 1.807) is 12.1 Å². The summed E-state index contributed by atoms with van der Waals surface area (Å²) in [6, 6.07) is 7.71. The maximum atomic E-state index is 13.8. The standard InChI is InChI=1S/C15H14ClF3N2/c16-12-4-1-3-9(15(12)19)7-10(21-20)8-11-13(17)5-2-6-14(11)18/h1-6,10,21H,7-8,20H2. The molecule has 6 heteroatoms. The normalized spacial score (nSPS) is 12.4. The van der Waals surface area contributed by atoms with Gasteiger partial charge in [-0.15, -0.1) is 0 Å². The minimum absolute atomic E-state index is 0.000318. The number of hydrogen-bond acceptors (Lipinski definition) is 2. The second-order valence-electron chi connectivity index (χ2n) is 4.68. The Morgan fingerprint density at radius 1 is 1.00 bits per heavy atom. The van der Waals surface area contributed by atoms with E-state index in [2.05, 4.69) is 5.43 Å². The minimum Gasteiger partial charge on any atom is -0.271 e. The molecule has 21 heavy (non-hydrogen) atoms. The Morgan fingerprint density at radius 2 is 1.62 bits per heavy atom. The lowest BCUT2D eigenvalue weighted by Crippen LogP contribution is -2.39. The summed E-state index contributed by atoms with van der Waals surface area (Å²) in [7, 11) is 0. The van der Waals surface area contributed by atoms with Crippen molar-refractivity contribution in [1.82, 2.24) is 5.43 Å². The molecule has 0 bridgehead atoms. The van der Waals surface area contributed by atoms with E-state index in [0.29, 0.717) is 5.56 Å². The van der Waals surface area contributed by atoms with Crippen molar-refractivity contribution < 1.29 is 13.2 Å². The van der Waals surface area contributed by atoms with Gasteiger partial charge in [-0.25, -0.2) is 13.2 Å². The number of halogens is 4. The smallest absolute Gasteiger partial charge is 0.145 e. The highest BCUT2D eigenvalue weighted by atomic mass is 35.5. The number of benzene rings is 2. The van der Waals surface area contributed by atoms with Gasteiger partial charge in [-0.05, 0) is 36.6 Å². The zero-order chi connectivity index (χ0) is 15.4. The monoisotopic (exact) mass is 314 g/mol. The Bertz CT molecular complexity index is 614. The van der Waals surface area contributed by atoms with Gasteiger partial charge in [0.1, 0.15) is 17.5 Å². The summed E-state index contributed by atoms with van der Waals surface area (Å²) in [6.07, 6.45) is 0.164. The van der Waals surface area contributed by atoms with Crippen LogP contribution in [0.4, 0.5) is 13.2 Å². The van der Waals surface area contributed by atoms with Crippen molar-refractivity contribution in [1.29, 1.82) is 0 Å². The summed E-state index contributed by atoms with van der Waals surface area (Å²) in [5.41, 5.74) is 2.71. The first kappa shape index (κ1) is 15.8. The average Bonchev–Trinajstić information content (AvgIpc) is 2.46. The van der Waals surface area contributed by atoms with Crippen molar-refractivity contribution in [2.24, 2.45) is 5.84 Å². The first-order valence-electron chi connectivity index (χ1n) is 6.34. The lowest BCUT2D eigenvalue weighted by molar-refractivity contribution is 0.476. The van der Waals surface area contributed by atoms with Crippen LogP contribution in [0.3, 0.4) is 0 Å². The van der Waals surface area contributed by atoms with E-state index < -0.39 is 23.5 Å². The largest absolute Gasteiger partial charge is 0.271 e. The molecule has 0 saturated carbocycles. The highest BCUT2D eigenvalue weighted by Gasteiger charge is 2.17. The Labute approximate surface area is 125 Å². The summed E-state index contributed by atoms with van der Waals surface area (Å²) in [4.78, 5) is 0. The molecule has 0 aliphatic carbocycles. The van der Waals surface area contributed by atoms with Gasteiger partial charge in [0.05, 0.1) is 5.02 Å². The number of hydrogen-bond donors (Lipinski definition) is 2. The number of nitrogens with two attached hydrogens (primary N) is 1. The molecule has 1 unspecified atom stereocenters. The molecule has 0 aliphatic heterocycles. The van der Waals surface area contributed by atoms with Crippen LogP contribution in [-0.2, 0) is 12.8 Å². The highest BCUT2D eigenvalue weighted by molar-refractivity contribution is 6.30. The highest BCUT2D eigenvalue weighted by Crippen LogP contribution is 2.21. The van der Waals surface area contributed by atoms with Crippen molar-refractivity contribution in [2.45, 2.75) is 18.9 Å². The van der Waals surface area contributed by atoms with Crippen molar-refractivity contribution in [3.05, 3.63) is 70.0 Å². The third-order valence-corrected chi connectivity index (χ3v) is 3.54. The quantitative estimate of drug-likeness (QED) is 0.656. The first-order chi connectivity index (χ1) is 10.0. The zero-order valence-corrected chi connectivity index (χ0v) is 11.8. The molecule has 3 N–H and O–H groups in total. The predicted octanol–water partition coefficient (Wildman–Crippen LogP) is 3.37. The van der Waals surface area contributed by atoms with Crippen LogP contribution in [0.2, 0.25) is 5.02 Å². The molecule has 2 nitrogen and oxygen atoms in total. The van der Waals surface area contributed by atoms with Gasteiger partial charge < -0.3 is 0 Å². The number of nitrogens with one attached hydrogen (secondary N) is 1. The second-order valence-corrected chi connectivity index (χ2v) is 5.09. The zero-order valence-electron chi connectivity index (χ0n) is 11.0. The third kappa shape index (κ3) is 3.75. The molecule has 0 spiro atoms. The fourth-order valence-electron chi connectivity index (χ4n) is 2.14. The van der Waals surface area contributed by atoms with Crippen LogP contribution in [-0.4, -0.2) is 6.04 Å². The van der Waals surface area contributed by atoms with Crippen LogP contribution in [0, 0.1) is 17.5 Å². The molecule has 0 amide bonds. The Morgan fingerprint density at radius 3 is 2.24 bits per heavy atom. The van der Waals surface area contributed by atoms with Gasteiger partial charge >= 0.3 is 0 Å². The van der Waals surface area contributed by atoms with E-state index >= 15 is 0 Å². The van der Waals surface area contributed by atoms with Gasteiger partial charge in [0.25, 0.3) is 0 Å². The molecule has 0 aromatic heterocycles. The second kappa shape index (κ2) is 6.93. The van der Waals surface area contributed by atoms with Gasteiger partial charge in [0.15, 0.2) is 0 Å². The van der Waals surface area contributed by atoms with Crippen LogP contribution >= 0.6 is 11.6 Å². The average molecular weight is 315 g/mol. The molecule has 0 fully saturated rings. The van der Waals surface area contributed by atoms with Crippen LogP contribution in [0.1, 0.15) is 11.1 Å². The van der Waals surface area contributed by atoms with Crippen LogP contribution < -0.4 is 11.3 Å². The van der Waals surface area contributed by atoms with E-state index in [4.69, 9.17) is 17.4 Å². The summed E-state index contributed by atoms with van der Waals surface area (Å²) in [5, 5.41) is 0.000318. The predicted molar refractivity (Wildman–Crippen MR) is 76.3 cm³/mol. The van der Waals surface area contributed by atoms with E-state index in [1.807, 2.05) is 0 Å². The lowest BCUT2D eigenvalue weighted by atomic mass is 9.98. The fraction of sp³-hybridized carbons (Fsp3) is 0.200. The molecule has 112 valence electrons. The van der Waals surface area contributed by atoms with Gasteiger partial charge in [0, 0.05) is 11.6 Å². The van der Waals surface area contributed by atoms with Gasteiger partial charge in [-0.2, -0.15) is 0 Å². The number of hydrazine groups is 1. The van der Waals surface area contributed by atoms with Gasteiger partial charge in [-0.3, -0.25) is 11.3 Å². The molecule has 1 atom stereocenters.